The van der Waals surface area contributed by atoms with Crippen LogP contribution in [0.5, 0.6) is 0 Å². The highest BCUT2D eigenvalue weighted by Crippen LogP contribution is 2.17. The molecule has 0 spiro atoms. The maximum Gasteiger partial charge on any atom is 0.191 e. The Kier molecular flexibility index (Phi) is 9.38. The number of likely N-dealkylation sites (tertiary alicyclic amines) is 1. The highest BCUT2D eigenvalue weighted by molar-refractivity contribution is 14.0. The average molecular weight is 451 g/mol. The number of aliphatic imine (C=N–C) groups is 1. The molecule has 2 rings (SSSR count). The predicted molar refractivity (Wildman–Crippen MR) is 110 cm³/mol. The molecular weight excluding hydrogens is 421 g/mol. The Morgan fingerprint density at radius 2 is 2.13 bits per heavy atom. The summed E-state index contributed by atoms with van der Waals surface area (Å²) in [5.41, 5.74) is 0. The van der Waals surface area contributed by atoms with Crippen LogP contribution >= 0.6 is 35.3 Å². The van der Waals surface area contributed by atoms with Crippen molar-refractivity contribution in [2.24, 2.45) is 10.9 Å². The van der Waals surface area contributed by atoms with Gasteiger partial charge in [-0.3, -0.25) is 9.89 Å². The minimum Gasteiger partial charge on any atom is -0.355 e. The standard InChI is InChI=1S/C16H29N5S.HI/c1-12-5-7-21(8-6-12)13(2)9-19-16(17-4)20-11-15-18-10-14(3)22-15;/h10,12-13H,5-9,11H2,1-4H3,(H2,17,19,20);1H. The summed E-state index contributed by atoms with van der Waals surface area (Å²) in [5, 5.41) is 7.86. The van der Waals surface area contributed by atoms with Crippen molar-refractivity contribution in [3.05, 3.63) is 16.1 Å². The second kappa shape index (κ2) is 10.5. The molecule has 2 N–H and O–H groups in total. The van der Waals surface area contributed by atoms with E-state index in [1.807, 2.05) is 13.2 Å². The number of aryl methyl sites for hydroxylation is 1. The zero-order valence-corrected chi connectivity index (χ0v) is 17.8. The SMILES string of the molecule is CN=C(NCc1ncc(C)s1)NCC(C)N1CCC(C)CC1.I. The molecule has 1 fully saturated rings. The summed E-state index contributed by atoms with van der Waals surface area (Å²) in [6.07, 6.45) is 4.55. The topological polar surface area (TPSA) is 52.6 Å². The van der Waals surface area contributed by atoms with E-state index >= 15 is 0 Å². The summed E-state index contributed by atoms with van der Waals surface area (Å²) < 4.78 is 0. The summed E-state index contributed by atoms with van der Waals surface area (Å²) in [6, 6.07) is 0.535. The third-order valence-electron chi connectivity index (χ3n) is 4.31. The molecule has 1 atom stereocenters. The van der Waals surface area contributed by atoms with E-state index < -0.39 is 0 Å². The van der Waals surface area contributed by atoms with E-state index in [2.05, 4.69) is 46.3 Å². The molecule has 1 aromatic heterocycles. The molecule has 0 amide bonds. The molecule has 0 aliphatic carbocycles. The lowest BCUT2D eigenvalue weighted by Crippen LogP contribution is -2.47. The van der Waals surface area contributed by atoms with Crippen LogP contribution in [0.15, 0.2) is 11.2 Å². The van der Waals surface area contributed by atoms with Crippen molar-refractivity contribution in [1.82, 2.24) is 20.5 Å². The Morgan fingerprint density at radius 1 is 1.43 bits per heavy atom. The predicted octanol–water partition coefficient (Wildman–Crippen LogP) is 2.85. The number of hydrogen-bond donors (Lipinski definition) is 2. The van der Waals surface area contributed by atoms with E-state index in [0.717, 1.165) is 30.0 Å². The first-order valence-electron chi connectivity index (χ1n) is 8.18. The lowest BCUT2D eigenvalue weighted by molar-refractivity contribution is 0.147. The minimum atomic E-state index is 0. The number of hydrogen-bond acceptors (Lipinski definition) is 4. The maximum atomic E-state index is 4.36. The van der Waals surface area contributed by atoms with E-state index in [4.69, 9.17) is 0 Å². The van der Waals surface area contributed by atoms with Gasteiger partial charge in [-0.05, 0) is 45.7 Å². The van der Waals surface area contributed by atoms with E-state index in [-0.39, 0.29) is 24.0 Å². The van der Waals surface area contributed by atoms with E-state index in [0.29, 0.717) is 6.04 Å². The number of aromatic nitrogens is 1. The zero-order valence-electron chi connectivity index (χ0n) is 14.6. The van der Waals surface area contributed by atoms with Gasteiger partial charge in [-0.2, -0.15) is 0 Å². The Balaban J connectivity index is 0.00000264. The Morgan fingerprint density at radius 3 is 2.70 bits per heavy atom. The van der Waals surface area contributed by atoms with Gasteiger partial charge in [0.05, 0.1) is 6.54 Å². The first-order chi connectivity index (χ1) is 10.6. The molecule has 1 aliphatic rings. The van der Waals surface area contributed by atoms with Crippen molar-refractivity contribution in [3.63, 3.8) is 0 Å². The Bertz CT molecular complexity index is 483. The van der Waals surface area contributed by atoms with Crippen molar-refractivity contribution in [2.45, 2.75) is 46.2 Å². The van der Waals surface area contributed by atoms with Gasteiger partial charge in [-0.15, -0.1) is 35.3 Å². The highest BCUT2D eigenvalue weighted by Gasteiger charge is 2.20. The number of nitrogens with one attached hydrogen (secondary N) is 2. The third-order valence-corrected chi connectivity index (χ3v) is 5.22. The molecule has 1 aliphatic heterocycles. The molecule has 132 valence electrons. The number of thiazole rings is 1. The largest absolute Gasteiger partial charge is 0.355 e. The average Bonchev–Trinajstić information content (AvgIpc) is 2.93. The lowest BCUT2D eigenvalue weighted by atomic mass is 9.98. The molecule has 1 saturated heterocycles. The Labute approximate surface area is 161 Å². The van der Waals surface area contributed by atoms with Crippen molar-refractivity contribution in [2.75, 3.05) is 26.7 Å². The minimum absolute atomic E-state index is 0. The summed E-state index contributed by atoms with van der Waals surface area (Å²) in [4.78, 5) is 12.5. The first-order valence-corrected chi connectivity index (χ1v) is 9.00. The molecule has 7 heteroatoms. The van der Waals surface area contributed by atoms with Gasteiger partial charge in [-0.25, -0.2) is 4.98 Å². The van der Waals surface area contributed by atoms with Gasteiger partial charge in [0.2, 0.25) is 0 Å². The monoisotopic (exact) mass is 451 g/mol. The van der Waals surface area contributed by atoms with Gasteiger partial charge in [-0.1, -0.05) is 6.92 Å². The van der Waals surface area contributed by atoms with Gasteiger partial charge in [0, 0.05) is 30.7 Å². The number of guanidine groups is 1. The summed E-state index contributed by atoms with van der Waals surface area (Å²) in [5.74, 6) is 1.73. The van der Waals surface area contributed by atoms with Crippen LogP contribution in [0.2, 0.25) is 0 Å². The maximum absolute atomic E-state index is 4.36. The van der Waals surface area contributed by atoms with Gasteiger partial charge in [0.15, 0.2) is 5.96 Å². The van der Waals surface area contributed by atoms with Crippen LogP contribution in [-0.2, 0) is 6.54 Å². The summed E-state index contributed by atoms with van der Waals surface area (Å²) in [7, 11) is 1.82. The second-order valence-corrected chi connectivity index (χ2v) is 7.56. The van der Waals surface area contributed by atoms with Crippen molar-refractivity contribution < 1.29 is 0 Å². The van der Waals surface area contributed by atoms with E-state index in [9.17, 15) is 0 Å². The van der Waals surface area contributed by atoms with Crippen LogP contribution in [0.3, 0.4) is 0 Å². The van der Waals surface area contributed by atoms with Crippen LogP contribution in [0.25, 0.3) is 0 Å². The molecule has 2 heterocycles. The van der Waals surface area contributed by atoms with Gasteiger partial charge < -0.3 is 10.6 Å². The molecule has 1 unspecified atom stereocenters. The molecule has 0 saturated carbocycles. The fraction of sp³-hybridized carbons (Fsp3) is 0.750. The number of nitrogens with zero attached hydrogens (tertiary/aromatic N) is 3. The lowest BCUT2D eigenvalue weighted by Gasteiger charge is -2.35. The molecule has 5 nitrogen and oxygen atoms in total. The van der Waals surface area contributed by atoms with Crippen LogP contribution < -0.4 is 10.6 Å². The fourth-order valence-corrected chi connectivity index (χ4v) is 3.43. The Hall–Kier alpha value is -0.410. The summed E-state index contributed by atoms with van der Waals surface area (Å²) >= 11 is 1.72. The molecule has 0 aromatic carbocycles. The molecule has 23 heavy (non-hydrogen) atoms. The van der Waals surface area contributed by atoms with E-state index in [1.54, 1.807) is 11.3 Å². The van der Waals surface area contributed by atoms with Crippen LogP contribution in [0.4, 0.5) is 0 Å². The normalized spacial score (nSPS) is 18.3. The highest BCUT2D eigenvalue weighted by atomic mass is 127. The third kappa shape index (κ3) is 6.93. The molecule has 1 aromatic rings. The number of halogens is 1. The molecule has 0 bridgehead atoms. The fourth-order valence-electron chi connectivity index (χ4n) is 2.71. The molecular formula is C16H30IN5S. The van der Waals surface area contributed by atoms with Gasteiger partial charge >= 0.3 is 0 Å². The van der Waals surface area contributed by atoms with Crippen LogP contribution in [0, 0.1) is 12.8 Å². The quantitative estimate of drug-likeness (QED) is 0.411. The van der Waals surface area contributed by atoms with Crippen LogP contribution in [0.1, 0.15) is 36.6 Å². The smallest absolute Gasteiger partial charge is 0.191 e. The van der Waals surface area contributed by atoms with Gasteiger partial charge in [0.25, 0.3) is 0 Å². The summed E-state index contributed by atoms with van der Waals surface area (Å²) in [6.45, 7) is 10.8. The zero-order chi connectivity index (χ0) is 15.9. The van der Waals surface area contributed by atoms with Crippen molar-refractivity contribution >= 4 is 41.3 Å². The second-order valence-electron chi connectivity index (χ2n) is 6.24. The number of piperidine rings is 1. The van der Waals surface area contributed by atoms with Gasteiger partial charge in [0.1, 0.15) is 5.01 Å². The first kappa shape index (κ1) is 20.6. The molecule has 0 radical (unpaired) electrons. The van der Waals surface area contributed by atoms with E-state index in [1.165, 1.54) is 30.8 Å². The van der Waals surface area contributed by atoms with Crippen LogP contribution in [-0.4, -0.2) is 48.6 Å². The number of rotatable bonds is 5. The van der Waals surface area contributed by atoms with Crippen molar-refractivity contribution in [3.8, 4) is 0 Å². The van der Waals surface area contributed by atoms with Crippen molar-refractivity contribution in [1.29, 1.82) is 0 Å².